The summed E-state index contributed by atoms with van der Waals surface area (Å²) in [5.41, 5.74) is 0.760. The van der Waals surface area contributed by atoms with Gasteiger partial charge in [0.05, 0.1) is 13.2 Å². The number of amides is 1. The Morgan fingerprint density at radius 3 is 2.58 bits per heavy atom. The van der Waals surface area contributed by atoms with Crippen LogP contribution in [0.4, 0.5) is 4.79 Å². The summed E-state index contributed by atoms with van der Waals surface area (Å²) in [6.07, 6.45) is -0.427. The zero-order chi connectivity index (χ0) is 13.7. The molecule has 1 N–H and O–H groups in total. The zero-order valence-corrected chi connectivity index (χ0v) is 10.8. The van der Waals surface area contributed by atoms with Crippen LogP contribution in [0.1, 0.15) is 24.9 Å². The van der Waals surface area contributed by atoms with E-state index in [0.29, 0.717) is 19.6 Å². The SMILES string of the molecule is CCC(=O)[C@H](NC(=O)OC1COC1)c1ccccc1. The quantitative estimate of drug-likeness (QED) is 0.880. The fraction of sp³-hybridized carbons (Fsp3) is 0.429. The molecular formula is C14H17NO4. The maximum atomic E-state index is 11.9. The van der Waals surface area contributed by atoms with Crippen molar-refractivity contribution in [3.8, 4) is 0 Å². The third-order valence-corrected chi connectivity index (χ3v) is 2.95. The molecule has 1 amide bonds. The van der Waals surface area contributed by atoms with E-state index < -0.39 is 12.1 Å². The molecule has 1 aromatic rings. The molecule has 1 fully saturated rings. The summed E-state index contributed by atoms with van der Waals surface area (Å²) in [5.74, 6) is -0.0481. The predicted octanol–water partition coefficient (Wildman–Crippen LogP) is 1.83. The van der Waals surface area contributed by atoms with Gasteiger partial charge in [0.2, 0.25) is 0 Å². The van der Waals surface area contributed by atoms with Crippen molar-refractivity contribution in [2.24, 2.45) is 0 Å². The lowest BCUT2D eigenvalue weighted by molar-refractivity contribution is -0.121. The third-order valence-electron chi connectivity index (χ3n) is 2.95. The second-order valence-corrected chi connectivity index (χ2v) is 4.37. The topological polar surface area (TPSA) is 64.6 Å². The highest BCUT2D eigenvalue weighted by Gasteiger charge is 2.26. The summed E-state index contributed by atoms with van der Waals surface area (Å²) in [5, 5.41) is 2.62. The Morgan fingerprint density at radius 1 is 1.37 bits per heavy atom. The second kappa shape index (κ2) is 6.33. The number of carbonyl (C=O) groups is 2. The van der Waals surface area contributed by atoms with Crippen LogP contribution < -0.4 is 5.32 Å². The van der Waals surface area contributed by atoms with E-state index >= 15 is 0 Å². The Bertz CT molecular complexity index is 442. The maximum Gasteiger partial charge on any atom is 0.408 e. The highest BCUT2D eigenvalue weighted by molar-refractivity contribution is 5.88. The molecule has 1 aliphatic rings. The molecule has 0 aliphatic carbocycles. The van der Waals surface area contributed by atoms with Crippen molar-refractivity contribution in [1.82, 2.24) is 5.32 Å². The molecule has 1 heterocycles. The van der Waals surface area contributed by atoms with Gasteiger partial charge < -0.3 is 14.8 Å². The number of nitrogens with one attached hydrogen (secondary N) is 1. The molecule has 19 heavy (non-hydrogen) atoms. The minimum atomic E-state index is -0.653. The molecule has 5 nitrogen and oxygen atoms in total. The first-order chi connectivity index (χ1) is 9.20. The van der Waals surface area contributed by atoms with Crippen molar-refractivity contribution < 1.29 is 19.1 Å². The summed E-state index contributed by atoms with van der Waals surface area (Å²) >= 11 is 0. The van der Waals surface area contributed by atoms with Crippen molar-refractivity contribution in [2.45, 2.75) is 25.5 Å². The molecule has 0 unspecified atom stereocenters. The Hall–Kier alpha value is -1.88. The van der Waals surface area contributed by atoms with Crippen molar-refractivity contribution >= 4 is 11.9 Å². The number of Topliss-reactive ketones (excluding diaryl/α,β-unsaturated/α-hetero) is 1. The van der Waals surface area contributed by atoms with Gasteiger partial charge in [0, 0.05) is 6.42 Å². The van der Waals surface area contributed by atoms with Crippen molar-refractivity contribution in [3.63, 3.8) is 0 Å². The van der Waals surface area contributed by atoms with Gasteiger partial charge in [0.25, 0.3) is 0 Å². The van der Waals surface area contributed by atoms with Crippen LogP contribution in [-0.4, -0.2) is 31.2 Å². The minimum absolute atomic E-state index is 0.0481. The van der Waals surface area contributed by atoms with Crippen LogP contribution in [0, 0.1) is 0 Å². The number of benzene rings is 1. The first-order valence-electron chi connectivity index (χ1n) is 6.33. The Morgan fingerprint density at radius 2 is 2.05 bits per heavy atom. The first-order valence-corrected chi connectivity index (χ1v) is 6.33. The number of carbonyl (C=O) groups excluding carboxylic acids is 2. The summed E-state index contributed by atoms with van der Waals surface area (Å²) in [4.78, 5) is 23.6. The summed E-state index contributed by atoms with van der Waals surface area (Å²) in [6, 6.07) is 8.49. The van der Waals surface area contributed by atoms with Crippen molar-refractivity contribution in [3.05, 3.63) is 35.9 Å². The molecule has 0 aromatic heterocycles. The third kappa shape index (κ3) is 3.54. The number of hydrogen-bond donors (Lipinski definition) is 1. The molecule has 0 radical (unpaired) electrons. The molecule has 1 aromatic carbocycles. The number of rotatable bonds is 5. The molecule has 1 saturated heterocycles. The van der Waals surface area contributed by atoms with Crippen LogP contribution in [0.3, 0.4) is 0 Å². The molecule has 0 spiro atoms. The lowest BCUT2D eigenvalue weighted by Gasteiger charge is -2.26. The van der Waals surface area contributed by atoms with Gasteiger partial charge in [-0.05, 0) is 5.56 Å². The second-order valence-electron chi connectivity index (χ2n) is 4.37. The van der Waals surface area contributed by atoms with Crippen molar-refractivity contribution in [1.29, 1.82) is 0 Å². The van der Waals surface area contributed by atoms with Crippen LogP contribution >= 0.6 is 0 Å². The smallest absolute Gasteiger partial charge is 0.408 e. The van der Waals surface area contributed by atoms with Gasteiger partial charge in [-0.25, -0.2) is 4.79 Å². The number of ether oxygens (including phenoxy) is 2. The molecular weight excluding hydrogens is 246 g/mol. The normalized spacial score (nSPS) is 16.3. The maximum absolute atomic E-state index is 11.9. The van der Waals surface area contributed by atoms with Gasteiger partial charge in [0.1, 0.15) is 6.04 Å². The molecule has 1 atom stereocenters. The van der Waals surface area contributed by atoms with Gasteiger partial charge in [-0.2, -0.15) is 0 Å². The van der Waals surface area contributed by atoms with E-state index in [9.17, 15) is 9.59 Å². The minimum Gasteiger partial charge on any atom is -0.441 e. The Balaban J connectivity index is 2.01. The molecule has 102 valence electrons. The molecule has 1 aliphatic heterocycles. The van der Waals surface area contributed by atoms with E-state index in [1.54, 1.807) is 6.92 Å². The number of ketones is 1. The summed E-state index contributed by atoms with van der Waals surface area (Å²) in [6.45, 7) is 2.61. The van der Waals surface area contributed by atoms with Gasteiger partial charge >= 0.3 is 6.09 Å². The summed E-state index contributed by atoms with van der Waals surface area (Å²) in [7, 11) is 0. The van der Waals surface area contributed by atoms with Crippen LogP contribution in [0.2, 0.25) is 0 Å². The van der Waals surface area contributed by atoms with Gasteiger partial charge in [-0.15, -0.1) is 0 Å². The van der Waals surface area contributed by atoms with E-state index in [1.165, 1.54) is 0 Å². The predicted molar refractivity (Wildman–Crippen MR) is 68.7 cm³/mol. The molecule has 0 saturated carbocycles. The van der Waals surface area contributed by atoms with Gasteiger partial charge in [-0.1, -0.05) is 37.3 Å². The average Bonchev–Trinajstić information content (AvgIpc) is 2.40. The Kier molecular flexibility index (Phi) is 4.52. The van der Waals surface area contributed by atoms with Crippen LogP contribution in [-0.2, 0) is 14.3 Å². The van der Waals surface area contributed by atoms with Crippen LogP contribution in [0.15, 0.2) is 30.3 Å². The lowest BCUT2D eigenvalue weighted by atomic mass is 10.0. The van der Waals surface area contributed by atoms with E-state index in [0.717, 1.165) is 5.56 Å². The van der Waals surface area contributed by atoms with Crippen LogP contribution in [0.25, 0.3) is 0 Å². The highest BCUT2D eigenvalue weighted by Crippen LogP contribution is 2.16. The molecule has 2 rings (SSSR count). The number of hydrogen-bond acceptors (Lipinski definition) is 4. The fourth-order valence-electron chi connectivity index (χ4n) is 1.78. The summed E-state index contributed by atoms with van der Waals surface area (Å²) < 4.78 is 10.0. The average molecular weight is 263 g/mol. The molecule has 0 bridgehead atoms. The standard InChI is InChI=1S/C14H17NO4/c1-2-12(16)13(10-6-4-3-5-7-10)15-14(17)19-11-8-18-9-11/h3-7,11,13H,2,8-9H2,1H3,(H,15,17)/t13-/m1/s1. The molecule has 5 heteroatoms. The van der Waals surface area contributed by atoms with E-state index in [2.05, 4.69) is 5.32 Å². The van der Waals surface area contributed by atoms with Crippen LogP contribution in [0.5, 0.6) is 0 Å². The number of alkyl carbamates (subject to hydrolysis) is 1. The van der Waals surface area contributed by atoms with E-state index in [4.69, 9.17) is 9.47 Å². The van der Waals surface area contributed by atoms with Crippen molar-refractivity contribution in [2.75, 3.05) is 13.2 Å². The highest BCUT2D eigenvalue weighted by atomic mass is 16.6. The monoisotopic (exact) mass is 263 g/mol. The zero-order valence-electron chi connectivity index (χ0n) is 10.8. The fourth-order valence-corrected chi connectivity index (χ4v) is 1.78. The largest absolute Gasteiger partial charge is 0.441 e. The van der Waals surface area contributed by atoms with E-state index in [-0.39, 0.29) is 11.9 Å². The van der Waals surface area contributed by atoms with E-state index in [1.807, 2.05) is 30.3 Å². The van der Waals surface area contributed by atoms with Gasteiger partial charge in [0.15, 0.2) is 11.9 Å². The lowest BCUT2D eigenvalue weighted by Crippen LogP contribution is -2.42. The first kappa shape index (κ1) is 13.5. The van der Waals surface area contributed by atoms with Gasteiger partial charge in [-0.3, -0.25) is 4.79 Å². The Labute approximate surface area is 111 Å².